The van der Waals surface area contributed by atoms with Gasteiger partial charge >= 0.3 is 11.9 Å². The molecule has 1 aliphatic rings. The van der Waals surface area contributed by atoms with Gasteiger partial charge in [0.1, 0.15) is 0 Å². The maximum atomic E-state index is 11.8. The predicted molar refractivity (Wildman–Crippen MR) is 66.2 cm³/mol. The van der Waals surface area contributed by atoms with Crippen molar-refractivity contribution in [1.82, 2.24) is 0 Å². The molecule has 0 aliphatic carbocycles. The third-order valence-corrected chi connectivity index (χ3v) is 3.15. The summed E-state index contributed by atoms with van der Waals surface area (Å²) in [5, 5.41) is 18.1. The number of hydrogen-bond donors (Lipinski definition) is 2. The van der Waals surface area contributed by atoms with Gasteiger partial charge in [0, 0.05) is 13.0 Å². The molecule has 2 N–H and O–H groups in total. The van der Waals surface area contributed by atoms with E-state index >= 15 is 0 Å². The van der Waals surface area contributed by atoms with Crippen molar-refractivity contribution in [2.24, 2.45) is 5.92 Å². The molecular formula is C13H13NO5. The highest BCUT2D eigenvalue weighted by atomic mass is 16.4. The molecule has 1 atom stereocenters. The summed E-state index contributed by atoms with van der Waals surface area (Å²) in [6.07, 6.45) is -0.0950. The number of aryl methyl sites for hydroxylation is 1. The lowest BCUT2D eigenvalue weighted by molar-refractivity contribution is -0.141. The maximum Gasteiger partial charge on any atom is 0.337 e. The van der Waals surface area contributed by atoms with Crippen molar-refractivity contribution in [3.8, 4) is 0 Å². The highest BCUT2D eigenvalue weighted by molar-refractivity contribution is 6.04. The molecule has 1 amide bonds. The standard InChI is InChI=1S/C13H13NO5/c1-7-2-3-10(9(4-7)13(18)19)14-6-8(12(16)17)5-11(14)15/h2-4,8H,5-6H2,1H3,(H,16,17)(H,18,19). The molecule has 1 aliphatic heterocycles. The van der Waals surface area contributed by atoms with Crippen molar-refractivity contribution in [1.29, 1.82) is 0 Å². The molecule has 19 heavy (non-hydrogen) atoms. The van der Waals surface area contributed by atoms with Crippen molar-refractivity contribution in [2.45, 2.75) is 13.3 Å². The zero-order valence-corrected chi connectivity index (χ0v) is 10.3. The molecule has 0 saturated carbocycles. The highest BCUT2D eigenvalue weighted by Crippen LogP contribution is 2.29. The SMILES string of the molecule is Cc1ccc(N2CC(C(=O)O)CC2=O)c(C(=O)O)c1. The highest BCUT2D eigenvalue weighted by Gasteiger charge is 2.36. The molecule has 0 spiro atoms. The number of nitrogens with zero attached hydrogens (tertiary/aromatic N) is 1. The Labute approximate surface area is 109 Å². The van der Waals surface area contributed by atoms with Crippen LogP contribution in [0.15, 0.2) is 18.2 Å². The number of carbonyl (C=O) groups is 3. The summed E-state index contributed by atoms with van der Waals surface area (Å²) in [5.41, 5.74) is 1.04. The molecular weight excluding hydrogens is 250 g/mol. The van der Waals surface area contributed by atoms with E-state index in [0.717, 1.165) is 5.56 Å². The third kappa shape index (κ3) is 2.42. The van der Waals surface area contributed by atoms with Crippen molar-refractivity contribution in [3.05, 3.63) is 29.3 Å². The van der Waals surface area contributed by atoms with Crippen LogP contribution in [0.5, 0.6) is 0 Å². The van der Waals surface area contributed by atoms with Gasteiger partial charge in [-0.3, -0.25) is 9.59 Å². The van der Waals surface area contributed by atoms with Gasteiger partial charge < -0.3 is 15.1 Å². The Balaban J connectivity index is 2.40. The second-order valence-corrected chi connectivity index (χ2v) is 4.57. The number of rotatable bonds is 3. The Morgan fingerprint density at radius 1 is 1.32 bits per heavy atom. The van der Waals surface area contributed by atoms with Crippen LogP contribution in [0.1, 0.15) is 22.3 Å². The predicted octanol–water partition coefficient (Wildman–Crippen LogP) is 1.13. The first-order chi connectivity index (χ1) is 8.90. The lowest BCUT2D eigenvalue weighted by Gasteiger charge is -2.18. The smallest absolute Gasteiger partial charge is 0.337 e. The fourth-order valence-electron chi connectivity index (χ4n) is 2.16. The van der Waals surface area contributed by atoms with Gasteiger partial charge in [-0.2, -0.15) is 0 Å². The first-order valence-corrected chi connectivity index (χ1v) is 5.77. The summed E-state index contributed by atoms with van der Waals surface area (Å²) in [6, 6.07) is 4.71. The molecule has 100 valence electrons. The van der Waals surface area contributed by atoms with Crippen LogP contribution in [0.2, 0.25) is 0 Å². The van der Waals surface area contributed by atoms with Gasteiger partial charge in [0.15, 0.2) is 0 Å². The number of anilines is 1. The fraction of sp³-hybridized carbons (Fsp3) is 0.308. The topological polar surface area (TPSA) is 94.9 Å². The summed E-state index contributed by atoms with van der Waals surface area (Å²) in [4.78, 5) is 35.2. The minimum absolute atomic E-state index is 0.0114. The van der Waals surface area contributed by atoms with E-state index in [9.17, 15) is 14.4 Å². The fourth-order valence-corrected chi connectivity index (χ4v) is 2.16. The van der Waals surface area contributed by atoms with Gasteiger partial charge in [0.25, 0.3) is 0 Å². The Bertz CT molecular complexity index is 566. The van der Waals surface area contributed by atoms with E-state index in [-0.39, 0.29) is 30.1 Å². The van der Waals surface area contributed by atoms with Crippen molar-refractivity contribution in [2.75, 3.05) is 11.4 Å². The van der Waals surface area contributed by atoms with E-state index in [1.54, 1.807) is 19.1 Å². The molecule has 0 radical (unpaired) electrons. The van der Waals surface area contributed by atoms with E-state index in [1.807, 2.05) is 0 Å². The van der Waals surface area contributed by atoms with E-state index < -0.39 is 17.9 Å². The van der Waals surface area contributed by atoms with Crippen molar-refractivity contribution < 1.29 is 24.6 Å². The van der Waals surface area contributed by atoms with Crippen molar-refractivity contribution in [3.63, 3.8) is 0 Å². The number of carboxylic acids is 2. The number of hydrogen-bond acceptors (Lipinski definition) is 3. The molecule has 1 fully saturated rings. The maximum absolute atomic E-state index is 11.8. The van der Waals surface area contributed by atoms with E-state index in [4.69, 9.17) is 10.2 Å². The van der Waals surface area contributed by atoms with E-state index in [0.29, 0.717) is 0 Å². The van der Waals surface area contributed by atoms with Crippen LogP contribution in [-0.4, -0.2) is 34.6 Å². The molecule has 1 aromatic rings. The van der Waals surface area contributed by atoms with Gasteiger partial charge in [-0.25, -0.2) is 4.79 Å². The third-order valence-electron chi connectivity index (χ3n) is 3.15. The lowest BCUT2D eigenvalue weighted by atomic mass is 10.1. The normalized spacial score (nSPS) is 18.7. The zero-order valence-electron chi connectivity index (χ0n) is 10.3. The zero-order chi connectivity index (χ0) is 14.2. The minimum atomic E-state index is -1.13. The molecule has 0 bridgehead atoms. The summed E-state index contributed by atoms with van der Waals surface area (Å²) >= 11 is 0. The van der Waals surface area contributed by atoms with Gasteiger partial charge in [-0.05, 0) is 19.1 Å². The van der Waals surface area contributed by atoms with Crippen molar-refractivity contribution >= 4 is 23.5 Å². The van der Waals surface area contributed by atoms with Gasteiger partial charge in [-0.15, -0.1) is 0 Å². The minimum Gasteiger partial charge on any atom is -0.481 e. The second kappa shape index (κ2) is 4.72. The summed E-state index contributed by atoms with van der Waals surface area (Å²) < 4.78 is 0. The van der Waals surface area contributed by atoms with Crippen LogP contribution in [0.25, 0.3) is 0 Å². The molecule has 1 saturated heterocycles. The van der Waals surface area contributed by atoms with E-state index in [1.165, 1.54) is 11.0 Å². The summed E-state index contributed by atoms with van der Waals surface area (Å²) in [6.45, 7) is 1.76. The van der Waals surface area contributed by atoms with Crippen LogP contribution in [0, 0.1) is 12.8 Å². The van der Waals surface area contributed by atoms with Crippen LogP contribution in [0.3, 0.4) is 0 Å². The largest absolute Gasteiger partial charge is 0.481 e. The Kier molecular flexibility index (Phi) is 3.25. The first kappa shape index (κ1) is 13.1. The Hall–Kier alpha value is -2.37. The molecule has 1 unspecified atom stereocenters. The number of benzene rings is 1. The average Bonchev–Trinajstić information content (AvgIpc) is 2.71. The van der Waals surface area contributed by atoms with Crippen LogP contribution in [-0.2, 0) is 9.59 Å². The van der Waals surface area contributed by atoms with Gasteiger partial charge in [0.05, 0.1) is 17.2 Å². The molecule has 1 aromatic carbocycles. The number of aromatic carboxylic acids is 1. The number of carboxylic acid groups (broad SMARTS) is 2. The monoisotopic (exact) mass is 263 g/mol. The Morgan fingerprint density at radius 3 is 2.53 bits per heavy atom. The number of aliphatic carboxylic acids is 1. The summed E-state index contributed by atoms with van der Waals surface area (Å²) in [5.74, 6) is -3.32. The van der Waals surface area contributed by atoms with Gasteiger partial charge in [-0.1, -0.05) is 11.6 Å². The quantitative estimate of drug-likeness (QED) is 0.852. The van der Waals surface area contributed by atoms with Gasteiger partial charge in [0.2, 0.25) is 5.91 Å². The second-order valence-electron chi connectivity index (χ2n) is 4.57. The molecule has 6 heteroatoms. The molecule has 1 heterocycles. The van der Waals surface area contributed by atoms with Crippen LogP contribution in [0.4, 0.5) is 5.69 Å². The first-order valence-electron chi connectivity index (χ1n) is 5.77. The van der Waals surface area contributed by atoms with Crippen LogP contribution < -0.4 is 4.90 Å². The van der Waals surface area contributed by atoms with E-state index in [2.05, 4.69) is 0 Å². The molecule has 6 nitrogen and oxygen atoms in total. The molecule has 0 aromatic heterocycles. The number of amides is 1. The summed E-state index contributed by atoms with van der Waals surface area (Å²) in [7, 11) is 0. The average molecular weight is 263 g/mol. The molecule has 2 rings (SSSR count). The number of carbonyl (C=O) groups excluding carboxylic acids is 1. The Morgan fingerprint density at radius 2 is 2.00 bits per heavy atom. The lowest BCUT2D eigenvalue weighted by Crippen LogP contribution is -2.27. The van der Waals surface area contributed by atoms with Crippen LogP contribution >= 0.6 is 0 Å².